The maximum absolute atomic E-state index is 9.16. The number of rotatable bonds is 5. The summed E-state index contributed by atoms with van der Waals surface area (Å²) >= 11 is 5.80. The van der Waals surface area contributed by atoms with Gasteiger partial charge in [0.1, 0.15) is 0 Å². The fourth-order valence-corrected chi connectivity index (χ4v) is 1.23. The lowest BCUT2D eigenvalue weighted by Crippen LogP contribution is -2.36. The number of nitrogens with one attached hydrogen (secondary N) is 2. The predicted molar refractivity (Wildman–Crippen MR) is 68.4 cm³/mol. The summed E-state index contributed by atoms with van der Waals surface area (Å²) in [7, 11) is 0. The van der Waals surface area contributed by atoms with Gasteiger partial charge in [-0.1, -0.05) is 0 Å². The predicted octanol–water partition coefficient (Wildman–Crippen LogP) is 1.53. The fourth-order valence-electron chi connectivity index (χ4n) is 1.07. The van der Waals surface area contributed by atoms with E-state index in [2.05, 4.69) is 25.6 Å². The van der Waals surface area contributed by atoms with Crippen molar-refractivity contribution < 1.29 is 5.11 Å². The highest BCUT2D eigenvalue weighted by Crippen LogP contribution is 2.14. The Bertz CT molecular complexity index is 383. The maximum atomic E-state index is 9.16. The van der Waals surface area contributed by atoms with E-state index >= 15 is 0 Å². The first-order chi connectivity index (χ1) is 7.82. The number of hydrogen-bond acceptors (Lipinski definition) is 6. The molecule has 0 amide bonds. The number of aromatic nitrogens is 3. The highest BCUT2D eigenvalue weighted by atomic mass is 35.5. The summed E-state index contributed by atoms with van der Waals surface area (Å²) in [5.74, 6) is 0.753. The summed E-state index contributed by atoms with van der Waals surface area (Å²) < 4.78 is 0. The van der Waals surface area contributed by atoms with E-state index in [9.17, 15) is 0 Å². The van der Waals surface area contributed by atoms with Crippen molar-refractivity contribution in [1.29, 1.82) is 0 Å². The quantitative estimate of drug-likeness (QED) is 0.744. The number of anilines is 2. The molecule has 0 aliphatic heterocycles. The molecule has 0 aliphatic carbocycles. The molecule has 1 heterocycles. The third kappa shape index (κ3) is 4.70. The van der Waals surface area contributed by atoms with Crippen molar-refractivity contribution in [2.75, 3.05) is 17.2 Å². The lowest BCUT2D eigenvalue weighted by molar-refractivity contribution is 0.233. The molecule has 17 heavy (non-hydrogen) atoms. The summed E-state index contributed by atoms with van der Waals surface area (Å²) in [5, 5.41) is 15.3. The zero-order chi connectivity index (χ0) is 13.1. The van der Waals surface area contributed by atoms with Crippen molar-refractivity contribution in [3.05, 3.63) is 5.28 Å². The van der Waals surface area contributed by atoms with Crippen LogP contribution in [0.15, 0.2) is 0 Å². The van der Waals surface area contributed by atoms with Gasteiger partial charge in [0.15, 0.2) is 0 Å². The summed E-state index contributed by atoms with van der Waals surface area (Å²) in [5.41, 5.74) is -0.514. The topological polar surface area (TPSA) is 83.0 Å². The van der Waals surface area contributed by atoms with E-state index in [1.54, 1.807) is 0 Å². The van der Waals surface area contributed by atoms with Crippen molar-refractivity contribution in [1.82, 2.24) is 15.0 Å². The first-order valence-electron chi connectivity index (χ1n) is 5.39. The summed E-state index contributed by atoms with van der Waals surface area (Å²) in [4.78, 5) is 12.1. The minimum atomic E-state index is -0.514. The van der Waals surface area contributed by atoms with Gasteiger partial charge in [0, 0.05) is 6.04 Å². The normalized spacial score (nSPS) is 11.7. The molecule has 1 aromatic rings. The molecule has 6 nitrogen and oxygen atoms in total. The van der Waals surface area contributed by atoms with Gasteiger partial charge in [-0.15, -0.1) is 0 Å². The Morgan fingerprint density at radius 2 is 1.82 bits per heavy atom. The molecule has 0 radical (unpaired) electrons. The SMILES string of the molecule is CC(C)Nc1nc(Cl)nc(NC(C)(C)CO)n1. The van der Waals surface area contributed by atoms with Crippen LogP contribution >= 0.6 is 11.6 Å². The highest BCUT2D eigenvalue weighted by molar-refractivity contribution is 6.28. The Morgan fingerprint density at radius 1 is 1.24 bits per heavy atom. The largest absolute Gasteiger partial charge is 0.394 e. The Labute approximate surface area is 106 Å². The summed E-state index contributed by atoms with van der Waals surface area (Å²) in [6, 6.07) is 0.201. The fraction of sp³-hybridized carbons (Fsp3) is 0.700. The first-order valence-corrected chi connectivity index (χ1v) is 5.77. The lowest BCUT2D eigenvalue weighted by atomic mass is 10.1. The van der Waals surface area contributed by atoms with E-state index in [0.717, 1.165) is 0 Å². The van der Waals surface area contributed by atoms with Gasteiger partial charge >= 0.3 is 0 Å². The molecule has 0 aliphatic rings. The van der Waals surface area contributed by atoms with Gasteiger partial charge in [-0.25, -0.2) is 0 Å². The molecular weight excluding hydrogens is 242 g/mol. The molecule has 0 saturated carbocycles. The number of halogens is 1. The molecule has 1 aromatic heterocycles. The second-order valence-corrected chi connectivity index (χ2v) is 5.06. The molecule has 0 atom stereocenters. The Kier molecular flexibility index (Phi) is 4.47. The van der Waals surface area contributed by atoms with Gasteiger partial charge in [-0.3, -0.25) is 0 Å². The average molecular weight is 260 g/mol. The van der Waals surface area contributed by atoms with Crippen LogP contribution in [0, 0.1) is 0 Å². The minimum Gasteiger partial charge on any atom is -0.394 e. The van der Waals surface area contributed by atoms with Crippen LogP contribution in [0.4, 0.5) is 11.9 Å². The second-order valence-electron chi connectivity index (χ2n) is 4.72. The van der Waals surface area contributed by atoms with E-state index in [4.69, 9.17) is 16.7 Å². The maximum Gasteiger partial charge on any atom is 0.229 e. The van der Waals surface area contributed by atoms with Crippen LogP contribution in [0.3, 0.4) is 0 Å². The summed E-state index contributed by atoms with van der Waals surface area (Å²) in [6.07, 6.45) is 0. The third-order valence-electron chi connectivity index (χ3n) is 1.87. The molecule has 0 bridgehead atoms. The van der Waals surface area contributed by atoms with E-state index in [-0.39, 0.29) is 17.9 Å². The molecule has 0 aromatic carbocycles. The molecule has 1 rings (SSSR count). The van der Waals surface area contributed by atoms with E-state index in [1.165, 1.54) is 0 Å². The van der Waals surface area contributed by atoms with Crippen LogP contribution in [-0.2, 0) is 0 Å². The van der Waals surface area contributed by atoms with Crippen LogP contribution in [0.2, 0.25) is 5.28 Å². The van der Waals surface area contributed by atoms with E-state index < -0.39 is 5.54 Å². The molecule has 0 spiro atoms. The van der Waals surface area contributed by atoms with Crippen LogP contribution in [0.25, 0.3) is 0 Å². The van der Waals surface area contributed by atoms with E-state index in [0.29, 0.717) is 11.9 Å². The Hall–Kier alpha value is -1.14. The van der Waals surface area contributed by atoms with Crippen molar-refractivity contribution in [3.63, 3.8) is 0 Å². The smallest absolute Gasteiger partial charge is 0.229 e. The molecule has 0 saturated heterocycles. The van der Waals surface area contributed by atoms with Gasteiger partial charge in [0.25, 0.3) is 0 Å². The molecule has 0 fully saturated rings. The van der Waals surface area contributed by atoms with Gasteiger partial charge in [-0.05, 0) is 39.3 Å². The number of nitrogens with zero attached hydrogens (tertiary/aromatic N) is 3. The zero-order valence-electron chi connectivity index (χ0n) is 10.5. The Balaban J connectivity index is 2.89. The third-order valence-corrected chi connectivity index (χ3v) is 2.04. The van der Waals surface area contributed by atoms with Gasteiger partial charge in [0.05, 0.1) is 12.1 Å². The van der Waals surface area contributed by atoms with Crippen LogP contribution < -0.4 is 10.6 Å². The first kappa shape index (κ1) is 13.9. The highest BCUT2D eigenvalue weighted by Gasteiger charge is 2.18. The molecule has 0 unspecified atom stereocenters. The standard InChI is InChI=1S/C10H18ClN5O/c1-6(2)12-8-13-7(11)14-9(15-8)16-10(3,4)5-17/h6,17H,5H2,1-4H3,(H2,12,13,14,15,16). The van der Waals surface area contributed by atoms with Crippen molar-refractivity contribution in [2.45, 2.75) is 39.3 Å². The average Bonchev–Trinajstić information content (AvgIpc) is 2.14. The van der Waals surface area contributed by atoms with Gasteiger partial charge in [-0.2, -0.15) is 15.0 Å². The van der Waals surface area contributed by atoms with Crippen LogP contribution in [-0.4, -0.2) is 38.2 Å². The zero-order valence-corrected chi connectivity index (χ0v) is 11.2. The van der Waals surface area contributed by atoms with Gasteiger partial charge < -0.3 is 15.7 Å². The number of aliphatic hydroxyl groups is 1. The van der Waals surface area contributed by atoms with Crippen molar-refractivity contribution >= 4 is 23.5 Å². The van der Waals surface area contributed by atoms with Crippen molar-refractivity contribution in [3.8, 4) is 0 Å². The second kappa shape index (κ2) is 5.46. The van der Waals surface area contributed by atoms with Gasteiger partial charge in [0.2, 0.25) is 17.2 Å². The molecular formula is C10H18ClN5O. The number of hydrogen-bond donors (Lipinski definition) is 3. The number of aliphatic hydroxyl groups excluding tert-OH is 1. The lowest BCUT2D eigenvalue weighted by Gasteiger charge is -2.23. The van der Waals surface area contributed by atoms with Crippen LogP contribution in [0.5, 0.6) is 0 Å². The molecule has 3 N–H and O–H groups in total. The molecule has 96 valence electrons. The minimum absolute atomic E-state index is 0.0384. The van der Waals surface area contributed by atoms with E-state index in [1.807, 2.05) is 27.7 Å². The summed E-state index contributed by atoms with van der Waals surface area (Å²) in [6.45, 7) is 7.58. The van der Waals surface area contributed by atoms with Crippen LogP contribution in [0.1, 0.15) is 27.7 Å². The van der Waals surface area contributed by atoms with Crippen molar-refractivity contribution in [2.24, 2.45) is 0 Å². The Morgan fingerprint density at radius 3 is 2.35 bits per heavy atom. The molecule has 7 heteroatoms. The monoisotopic (exact) mass is 259 g/mol.